The summed E-state index contributed by atoms with van der Waals surface area (Å²) in [5, 5.41) is 7.53. The van der Waals surface area contributed by atoms with Gasteiger partial charge in [0.1, 0.15) is 5.82 Å². The maximum atomic E-state index is 13.8. The second-order valence-electron chi connectivity index (χ2n) is 4.95. The van der Waals surface area contributed by atoms with Crippen LogP contribution in [0.2, 0.25) is 0 Å². The number of nitrogens with one attached hydrogen (secondary N) is 1. The van der Waals surface area contributed by atoms with Crippen molar-refractivity contribution in [3.05, 3.63) is 41.2 Å². The molecule has 0 heterocycles. The van der Waals surface area contributed by atoms with Crippen molar-refractivity contribution in [2.45, 2.75) is 30.6 Å². The molecule has 1 aromatic rings. The molecule has 1 aromatic carbocycles. The normalized spacial score (nSPS) is 14.9. The Morgan fingerprint density at radius 3 is 2.71 bits per heavy atom. The first kappa shape index (κ1) is 15.7. The number of allylic oxidation sites excluding steroid dienone is 1. The Balaban J connectivity index is 1.99. The van der Waals surface area contributed by atoms with Crippen molar-refractivity contribution in [2.75, 3.05) is 6.54 Å². The molecule has 1 aliphatic carbocycles. The second kappa shape index (κ2) is 6.36. The van der Waals surface area contributed by atoms with Crippen molar-refractivity contribution in [2.24, 2.45) is 5.14 Å². The van der Waals surface area contributed by atoms with Crippen LogP contribution >= 0.6 is 0 Å². The molecular formula is C14H17FN2O3S. The molecule has 0 unspecified atom stereocenters. The van der Waals surface area contributed by atoms with E-state index in [4.69, 9.17) is 5.14 Å². The van der Waals surface area contributed by atoms with E-state index in [0.717, 1.165) is 43.9 Å². The number of halogens is 1. The van der Waals surface area contributed by atoms with Crippen molar-refractivity contribution < 1.29 is 17.6 Å². The molecule has 2 rings (SSSR count). The van der Waals surface area contributed by atoms with Gasteiger partial charge in [0.05, 0.1) is 10.5 Å². The third-order valence-corrected chi connectivity index (χ3v) is 4.29. The second-order valence-corrected chi connectivity index (χ2v) is 6.51. The fourth-order valence-corrected chi connectivity index (χ4v) is 2.78. The lowest BCUT2D eigenvalue weighted by Crippen LogP contribution is -2.26. The van der Waals surface area contributed by atoms with Crippen LogP contribution in [0.5, 0.6) is 0 Å². The molecule has 0 radical (unpaired) electrons. The van der Waals surface area contributed by atoms with Crippen molar-refractivity contribution in [3.63, 3.8) is 0 Å². The van der Waals surface area contributed by atoms with Gasteiger partial charge in [-0.2, -0.15) is 0 Å². The van der Waals surface area contributed by atoms with Gasteiger partial charge in [-0.3, -0.25) is 4.79 Å². The molecule has 1 amide bonds. The topological polar surface area (TPSA) is 89.3 Å². The van der Waals surface area contributed by atoms with Crippen molar-refractivity contribution in [1.29, 1.82) is 0 Å². The van der Waals surface area contributed by atoms with E-state index in [2.05, 4.69) is 11.4 Å². The number of hydrogen-bond acceptors (Lipinski definition) is 3. The highest BCUT2D eigenvalue weighted by Gasteiger charge is 2.16. The van der Waals surface area contributed by atoms with Crippen LogP contribution in [0.1, 0.15) is 36.0 Å². The van der Waals surface area contributed by atoms with Crippen molar-refractivity contribution in [1.82, 2.24) is 5.32 Å². The van der Waals surface area contributed by atoms with Crippen LogP contribution in [0.25, 0.3) is 0 Å². The molecule has 1 aliphatic rings. The fourth-order valence-electron chi connectivity index (χ4n) is 2.25. The SMILES string of the molecule is NS(=O)(=O)c1ccc(C(=O)NCCC2=CCCC2)c(F)c1. The first-order valence-corrected chi connectivity index (χ1v) is 8.21. The Kier molecular flexibility index (Phi) is 4.74. The first-order valence-electron chi connectivity index (χ1n) is 6.66. The van der Waals surface area contributed by atoms with Crippen LogP contribution in [-0.2, 0) is 10.0 Å². The molecule has 7 heteroatoms. The third kappa shape index (κ3) is 4.12. The van der Waals surface area contributed by atoms with E-state index in [1.54, 1.807) is 0 Å². The highest BCUT2D eigenvalue weighted by molar-refractivity contribution is 7.89. The molecule has 0 bridgehead atoms. The summed E-state index contributed by atoms with van der Waals surface area (Å²) in [6, 6.07) is 3.00. The standard InChI is InChI=1S/C14H17FN2O3S/c15-13-9-11(21(16,19)20)5-6-12(13)14(18)17-8-7-10-3-1-2-4-10/h3,5-6,9H,1-2,4,7-8H2,(H,17,18)(H2,16,19,20). The largest absolute Gasteiger partial charge is 0.352 e. The molecule has 0 aliphatic heterocycles. The summed E-state index contributed by atoms with van der Waals surface area (Å²) in [5.74, 6) is -1.47. The van der Waals surface area contributed by atoms with Crippen LogP contribution in [0, 0.1) is 5.82 Å². The van der Waals surface area contributed by atoms with Gasteiger partial charge in [-0.25, -0.2) is 17.9 Å². The molecule has 0 atom stereocenters. The van der Waals surface area contributed by atoms with Crippen LogP contribution < -0.4 is 10.5 Å². The zero-order valence-corrected chi connectivity index (χ0v) is 12.2. The van der Waals surface area contributed by atoms with E-state index in [9.17, 15) is 17.6 Å². The molecule has 0 saturated carbocycles. The summed E-state index contributed by atoms with van der Waals surface area (Å²) in [4.78, 5) is 11.5. The number of benzene rings is 1. The Morgan fingerprint density at radius 2 is 2.14 bits per heavy atom. The van der Waals surface area contributed by atoms with Gasteiger partial charge in [0.15, 0.2) is 0 Å². The maximum Gasteiger partial charge on any atom is 0.254 e. The van der Waals surface area contributed by atoms with Gasteiger partial charge in [0.2, 0.25) is 10.0 Å². The van der Waals surface area contributed by atoms with E-state index in [0.29, 0.717) is 6.54 Å². The van der Waals surface area contributed by atoms with E-state index in [-0.39, 0.29) is 10.5 Å². The van der Waals surface area contributed by atoms with Crippen LogP contribution in [-0.4, -0.2) is 20.9 Å². The van der Waals surface area contributed by atoms with Gasteiger partial charge >= 0.3 is 0 Å². The number of nitrogens with two attached hydrogens (primary N) is 1. The molecule has 0 fully saturated rings. The highest BCUT2D eigenvalue weighted by atomic mass is 32.2. The first-order chi connectivity index (χ1) is 9.88. The number of amides is 1. The number of carbonyl (C=O) groups excluding carboxylic acids is 1. The quantitative estimate of drug-likeness (QED) is 0.811. The third-order valence-electron chi connectivity index (χ3n) is 3.38. The summed E-state index contributed by atoms with van der Waals surface area (Å²) in [7, 11) is -3.97. The fraction of sp³-hybridized carbons (Fsp3) is 0.357. The van der Waals surface area contributed by atoms with Crippen LogP contribution in [0.3, 0.4) is 0 Å². The smallest absolute Gasteiger partial charge is 0.254 e. The monoisotopic (exact) mass is 312 g/mol. The average Bonchev–Trinajstić information content (AvgIpc) is 2.90. The van der Waals surface area contributed by atoms with Crippen LogP contribution in [0.15, 0.2) is 34.7 Å². The average molecular weight is 312 g/mol. The molecule has 0 aromatic heterocycles. The maximum absolute atomic E-state index is 13.8. The van der Waals surface area contributed by atoms with Crippen molar-refractivity contribution in [3.8, 4) is 0 Å². The molecule has 0 spiro atoms. The van der Waals surface area contributed by atoms with Gasteiger partial charge < -0.3 is 5.32 Å². The van der Waals surface area contributed by atoms with E-state index < -0.39 is 21.7 Å². The predicted molar refractivity (Wildman–Crippen MR) is 76.7 cm³/mol. The zero-order valence-electron chi connectivity index (χ0n) is 11.4. The van der Waals surface area contributed by atoms with Gasteiger partial charge in [-0.05, 0) is 43.9 Å². The number of carbonyl (C=O) groups is 1. The number of hydrogen-bond donors (Lipinski definition) is 2. The minimum absolute atomic E-state index is 0.192. The number of primary sulfonamides is 1. The zero-order chi connectivity index (χ0) is 15.5. The molecular weight excluding hydrogens is 295 g/mol. The van der Waals surface area contributed by atoms with E-state index in [1.807, 2.05) is 0 Å². The molecule has 21 heavy (non-hydrogen) atoms. The summed E-state index contributed by atoms with van der Waals surface area (Å²) in [6.07, 6.45) is 6.18. The number of sulfonamides is 1. The summed E-state index contributed by atoms with van der Waals surface area (Å²) in [5.41, 5.74) is 1.11. The summed E-state index contributed by atoms with van der Waals surface area (Å²) in [6.45, 7) is 0.432. The lowest BCUT2D eigenvalue weighted by molar-refractivity contribution is 0.0950. The predicted octanol–water partition coefficient (Wildman–Crippen LogP) is 1.70. The Labute approximate surface area is 123 Å². The van der Waals surface area contributed by atoms with Gasteiger partial charge in [0, 0.05) is 6.54 Å². The lowest BCUT2D eigenvalue weighted by Gasteiger charge is -2.07. The molecule has 0 saturated heterocycles. The minimum Gasteiger partial charge on any atom is -0.352 e. The Bertz CT molecular complexity index is 683. The molecule has 5 nitrogen and oxygen atoms in total. The summed E-state index contributed by atoms with van der Waals surface area (Å²) >= 11 is 0. The van der Waals surface area contributed by atoms with E-state index >= 15 is 0 Å². The van der Waals surface area contributed by atoms with Crippen LogP contribution in [0.4, 0.5) is 4.39 Å². The van der Waals surface area contributed by atoms with E-state index in [1.165, 1.54) is 5.57 Å². The summed E-state index contributed by atoms with van der Waals surface area (Å²) < 4.78 is 35.9. The van der Waals surface area contributed by atoms with Crippen molar-refractivity contribution >= 4 is 15.9 Å². The minimum atomic E-state index is -3.97. The molecule has 3 N–H and O–H groups in total. The Morgan fingerprint density at radius 1 is 1.38 bits per heavy atom. The number of rotatable bonds is 5. The van der Waals surface area contributed by atoms with Gasteiger partial charge in [-0.1, -0.05) is 11.6 Å². The Hall–Kier alpha value is -1.73. The van der Waals surface area contributed by atoms with Gasteiger partial charge in [0.25, 0.3) is 5.91 Å². The van der Waals surface area contributed by atoms with Gasteiger partial charge in [-0.15, -0.1) is 0 Å². The highest BCUT2D eigenvalue weighted by Crippen LogP contribution is 2.20. The molecule has 114 valence electrons. The lowest BCUT2D eigenvalue weighted by atomic mass is 10.1.